The molecule has 0 bridgehead atoms. The number of nitrogens with zero attached hydrogens (tertiary/aromatic N) is 3. The number of fused-ring (bicyclic) bond motifs is 1. The van der Waals surface area contributed by atoms with Crippen LogP contribution in [0.5, 0.6) is 0 Å². The molecule has 2 aromatic rings. The van der Waals surface area contributed by atoms with Crippen molar-refractivity contribution in [2.45, 2.75) is 50.7 Å². The number of thiophene rings is 1. The Labute approximate surface area is 153 Å². The number of H-pyrrole nitrogens is 1. The summed E-state index contributed by atoms with van der Waals surface area (Å²) in [6.45, 7) is 2.54. The minimum atomic E-state index is -0.262. The fourth-order valence-corrected chi connectivity index (χ4v) is 4.93. The van der Waals surface area contributed by atoms with Gasteiger partial charge in [0.25, 0.3) is 0 Å². The predicted molar refractivity (Wildman–Crippen MR) is 98.2 cm³/mol. The average Bonchev–Trinajstić information content (AvgIpc) is 3.13. The molecule has 0 aromatic carbocycles. The lowest BCUT2D eigenvalue weighted by atomic mass is 9.96. The highest BCUT2D eigenvalue weighted by molar-refractivity contribution is 7.99. The third-order valence-electron chi connectivity index (χ3n) is 4.04. The molecular formula is C16H19N5O2S2. The summed E-state index contributed by atoms with van der Waals surface area (Å²) in [5, 5.41) is 19.8. The maximum atomic E-state index is 12.3. The molecule has 2 heterocycles. The van der Waals surface area contributed by atoms with Crippen molar-refractivity contribution in [3.63, 3.8) is 0 Å². The first-order chi connectivity index (χ1) is 12.1. The zero-order valence-electron chi connectivity index (χ0n) is 13.9. The molecule has 0 saturated carbocycles. The number of anilines is 1. The van der Waals surface area contributed by atoms with E-state index in [4.69, 9.17) is 0 Å². The molecule has 1 amide bonds. The Morgan fingerprint density at radius 3 is 3.04 bits per heavy atom. The maximum Gasteiger partial charge on any atom is 0.343 e. The van der Waals surface area contributed by atoms with Crippen LogP contribution >= 0.6 is 23.1 Å². The van der Waals surface area contributed by atoms with E-state index in [9.17, 15) is 14.9 Å². The molecule has 0 fully saturated rings. The first-order valence-electron chi connectivity index (χ1n) is 8.26. The van der Waals surface area contributed by atoms with Gasteiger partial charge in [-0.05, 0) is 37.7 Å². The normalized spacial score (nSPS) is 13.3. The van der Waals surface area contributed by atoms with Gasteiger partial charge in [0.1, 0.15) is 11.1 Å². The van der Waals surface area contributed by atoms with Gasteiger partial charge in [0.15, 0.2) is 5.16 Å². The van der Waals surface area contributed by atoms with Crippen LogP contribution in [0, 0.1) is 11.3 Å². The van der Waals surface area contributed by atoms with E-state index in [1.54, 1.807) is 0 Å². The zero-order chi connectivity index (χ0) is 17.8. The van der Waals surface area contributed by atoms with Gasteiger partial charge in [-0.15, -0.1) is 16.4 Å². The standard InChI is InChI=1S/C16H19N5O2S2/c1-2-7-21-15(23)19-20-16(21)24-9-13(22)18-14-11(8-17)10-5-3-4-6-12(10)25-14/h2-7,9H2,1H3,(H,18,22)(H,19,23). The molecule has 0 saturated heterocycles. The average molecular weight is 377 g/mol. The number of hydrogen-bond acceptors (Lipinski definition) is 6. The van der Waals surface area contributed by atoms with Gasteiger partial charge >= 0.3 is 5.69 Å². The van der Waals surface area contributed by atoms with E-state index in [0.29, 0.717) is 22.3 Å². The van der Waals surface area contributed by atoms with Gasteiger partial charge in [0, 0.05) is 11.4 Å². The second kappa shape index (κ2) is 7.89. The zero-order valence-corrected chi connectivity index (χ0v) is 15.6. The first-order valence-corrected chi connectivity index (χ1v) is 10.1. The van der Waals surface area contributed by atoms with Crippen molar-refractivity contribution >= 4 is 34.0 Å². The fraction of sp³-hybridized carbons (Fsp3) is 0.500. The molecule has 25 heavy (non-hydrogen) atoms. The van der Waals surface area contributed by atoms with Crippen molar-refractivity contribution < 1.29 is 4.79 Å². The lowest BCUT2D eigenvalue weighted by molar-refractivity contribution is -0.113. The number of carbonyl (C=O) groups excluding carboxylic acids is 1. The summed E-state index contributed by atoms with van der Waals surface area (Å²) in [7, 11) is 0. The largest absolute Gasteiger partial charge is 0.343 e. The van der Waals surface area contributed by atoms with E-state index in [1.165, 1.54) is 32.5 Å². The van der Waals surface area contributed by atoms with E-state index in [1.807, 2.05) is 6.92 Å². The molecule has 1 aliphatic rings. The molecular weight excluding hydrogens is 358 g/mol. The quantitative estimate of drug-likeness (QED) is 0.753. The smallest absolute Gasteiger partial charge is 0.316 e. The number of nitrogens with one attached hydrogen (secondary N) is 2. The minimum Gasteiger partial charge on any atom is -0.316 e. The Morgan fingerprint density at radius 1 is 1.48 bits per heavy atom. The summed E-state index contributed by atoms with van der Waals surface area (Å²) >= 11 is 2.72. The second-order valence-corrected chi connectivity index (χ2v) is 7.87. The summed E-state index contributed by atoms with van der Waals surface area (Å²) < 4.78 is 1.53. The summed E-state index contributed by atoms with van der Waals surface area (Å²) in [6, 6.07) is 2.24. The van der Waals surface area contributed by atoms with Gasteiger partial charge in [-0.2, -0.15) is 5.26 Å². The number of aromatic amines is 1. The number of hydrogen-bond donors (Lipinski definition) is 2. The van der Waals surface area contributed by atoms with Crippen LogP contribution in [0.15, 0.2) is 9.95 Å². The van der Waals surface area contributed by atoms with Crippen LogP contribution < -0.4 is 11.0 Å². The number of aromatic nitrogens is 3. The van der Waals surface area contributed by atoms with Gasteiger partial charge in [0.2, 0.25) is 5.91 Å². The number of amides is 1. The number of aryl methyl sites for hydroxylation is 1. The van der Waals surface area contributed by atoms with Crippen molar-refractivity contribution in [3.8, 4) is 6.07 Å². The highest BCUT2D eigenvalue weighted by atomic mass is 32.2. The van der Waals surface area contributed by atoms with Crippen molar-refractivity contribution in [1.82, 2.24) is 14.8 Å². The molecule has 0 spiro atoms. The molecule has 132 valence electrons. The Balaban J connectivity index is 1.67. The van der Waals surface area contributed by atoms with E-state index in [-0.39, 0.29) is 17.3 Å². The lowest BCUT2D eigenvalue weighted by Crippen LogP contribution is -2.18. The van der Waals surface area contributed by atoms with Gasteiger partial charge in [-0.3, -0.25) is 9.36 Å². The summed E-state index contributed by atoms with van der Waals surface area (Å²) in [5.41, 5.74) is 1.45. The predicted octanol–water partition coefficient (Wildman–Crippen LogP) is 2.52. The molecule has 1 aliphatic carbocycles. The van der Waals surface area contributed by atoms with Gasteiger partial charge < -0.3 is 5.32 Å². The molecule has 7 nitrogen and oxygen atoms in total. The minimum absolute atomic E-state index is 0.140. The Hall–Kier alpha value is -2.05. The Morgan fingerprint density at radius 2 is 2.28 bits per heavy atom. The van der Waals surface area contributed by atoms with Crippen LogP contribution in [-0.4, -0.2) is 26.4 Å². The van der Waals surface area contributed by atoms with Crippen molar-refractivity contribution in [3.05, 3.63) is 26.5 Å². The highest BCUT2D eigenvalue weighted by Crippen LogP contribution is 2.37. The van der Waals surface area contributed by atoms with Crippen LogP contribution in [0.4, 0.5) is 5.00 Å². The molecule has 0 atom stereocenters. The van der Waals surface area contributed by atoms with E-state index in [2.05, 4.69) is 21.6 Å². The van der Waals surface area contributed by atoms with E-state index < -0.39 is 0 Å². The Kier molecular flexibility index (Phi) is 5.60. The number of nitriles is 1. The van der Waals surface area contributed by atoms with Crippen LogP contribution in [0.2, 0.25) is 0 Å². The van der Waals surface area contributed by atoms with E-state index >= 15 is 0 Å². The maximum absolute atomic E-state index is 12.3. The SMILES string of the molecule is CCCn1c(SCC(=O)Nc2sc3c(c2C#N)CCCC3)n[nH]c1=O. The second-order valence-electron chi connectivity index (χ2n) is 5.83. The topological polar surface area (TPSA) is 104 Å². The number of thioether (sulfide) groups is 1. The third-order valence-corrected chi connectivity index (χ3v) is 6.22. The van der Waals surface area contributed by atoms with Crippen molar-refractivity contribution in [2.24, 2.45) is 0 Å². The highest BCUT2D eigenvalue weighted by Gasteiger charge is 2.22. The fourth-order valence-electron chi connectivity index (χ4n) is 2.90. The van der Waals surface area contributed by atoms with Gasteiger partial charge in [-0.1, -0.05) is 18.7 Å². The van der Waals surface area contributed by atoms with E-state index in [0.717, 1.165) is 37.7 Å². The van der Waals surface area contributed by atoms with Gasteiger partial charge in [0.05, 0.1) is 11.3 Å². The van der Waals surface area contributed by atoms with Crippen molar-refractivity contribution in [2.75, 3.05) is 11.1 Å². The Bertz CT molecular complexity index is 874. The van der Waals surface area contributed by atoms with Crippen molar-refractivity contribution in [1.29, 1.82) is 5.26 Å². The number of carbonyl (C=O) groups is 1. The van der Waals surface area contributed by atoms with Crippen LogP contribution in [-0.2, 0) is 24.2 Å². The molecule has 2 N–H and O–H groups in total. The molecule has 2 aromatic heterocycles. The summed E-state index contributed by atoms with van der Waals surface area (Å²) in [5.74, 6) is -0.0554. The number of rotatable bonds is 6. The summed E-state index contributed by atoms with van der Waals surface area (Å²) in [6.07, 6.45) is 4.93. The lowest BCUT2D eigenvalue weighted by Gasteiger charge is -2.09. The monoisotopic (exact) mass is 377 g/mol. The first kappa shape index (κ1) is 17.8. The van der Waals surface area contributed by atoms with Gasteiger partial charge in [-0.25, -0.2) is 9.89 Å². The third kappa shape index (κ3) is 3.80. The molecule has 3 rings (SSSR count). The van der Waals surface area contributed by atoms with Crippen LogP contribution in [0.25, 0.3) is 0 Å². The molecule has 0 aliphatic heterocycles. The van der Waals surface area contributed by atoms with Crippen LogP contribution in [0.3, 0.4) is 0 Å². The van der Waals surface area contributed by atoms with Crippen LogP contribution in [0.1, 0.15) is 42.2 Å². The molecule has 0 unspecified atom stereocenters. The molecule has 9 heteroatoms. The summed E-state index contributed by atoms with van der Waals surface area (Å²) in [4.78, 5) is 25.2. The molecule has 0 radical (unpaired) electrons.